The Bertz CT molecular complexity index is 1220. The van der Waals surface area contributed by atoms with Gasteiger partial charge >= 0.3 is 5.63 Å². The summed E-state index contributed by atoms with van der Waals surface area (Å²) in [4.78, 5) is 22.7. The Hall–Kier alpha value is -2.05. The van der Waals surface area contributed by atoms with Crippen molar-refractivity contribution in [3.05, 3.63) is 56.3 Å². The van der Waals surface area contributed by atoms with Gasteiger partial charge in [0.1, 0.15) is 15.0 Å². The number of hydrogen-bond acceptors (Lipinski definition) is 5. The fourth-order valence-electron chi connectivity index (χ4n) is 3.81. The van der Waals surface area contributed by atoms with E-state index in [1.165, 1.54) is 28.9 Å². The molecule has 0 unspecified atom stereocenters. The molecule has 0 saturated carbocycles. The summed E-state index contributed by atoms with van der Waals surface area (Å²) >= 11 is 4.91. The van der Waals surface area contributed by atoms with Crippen molar-refractivity contribution in [1.29, 1.82) is 0 Å². The fourth-order valence-corrected chi connectivity index (χ4v) is 5.10. The number of nitrogens with zero attached hydrogens (tertiary/aromatic N) is 2. The summed E-state index contributed by atoms with van der Waals surface area (Å²) in [6, 6.07) is 8.35. The molecule has 0 aliphatic heterocycles. The van der Waals surface area contributed by atoms with Gasteiger partial charge in [-0.3, -0.25) is 0 Å². The number of pyridine rings is 1. The van der Waals surface area contributed by atoms with Crippen LogP contribution in [0.4, 0.5) is 0 Å². The van der Waals surface area contributed by atoms with E-state index < -0.39 is 0 Å². The second-order valence-corrected chi connectivity index (χ2v) is 8.52. The molecule has 0 atom stereocenters. The highest BCUT2D eigenvalue weighted by atomic mass is 79.9. The van der Waals surface area contributed by atoms with Crippen LogP contribution < -0.4 is 5.63 Å². The summed E-state index contributed by atoms with van der Waals surface area (Å²) in [6.07, 6.45) is 4.33. The Morgan fingerprint density at radius 3 is 2.69 bits per heavy atom. The van der Waals surface area contributed by atoms with E-state index in [1.54, 1.807) is 6.92 Å². The molecule has 4 nitrogen and oxygen atoms in total. The summed E-state index contributed by atoms with van der Waals surface area (Å²) in [6.45, 7) is 1.72. The summed E-state index contributed by atoms with van der Waals surface area (Å²) in [7, 11) is 0. The zero-order valence-electron chi connectivity index (χ0n) is 14.1. The fraction of sp³-hybridized carbons (Fsp3) is 0.250. The quantitative estimate of drug-likeness (QED) is 0.407. The number of benzene rings is 1. The minimum atomic E-state index is -0.324. The number of halogens is 1. The highest BCUT2D eigenvalue weighted by Gasteiger charge is 2.24. The van der Waals surface area contributed by atoms with E-state index >= 15 is 0 Å². The SMILES string of the molecule is Cc1nc2c(sc3nc4c(c(-c5ccc(Br)cc5)c32)CCCC4)c(=O)o1. The lowest BCUT2D eigenvalue weighted by atomic mass is 9.87. The molecule has 26 heavy (non-hydrogen) atoms. The molecule has 3 heterocycles. The lowest BCUT2D eigenvalue weighted by Crippen LogP contribution is -2.07. The lowest BCUT2D eigenvalue weighted by Gasteiger charge is -2.20. The maximum absolute atomic E-state index is 12.4. The van der Waals surface area contributed by atoms with Crippen LogP contribution in [0.15, 0.2) is 37.9 Å². The molecule has 130 valence electrons. The molecule has 1 aliphatic carbocycles. The van der Waals surface area contributed by atoms with Gasteiger partial charge in [0.15, 0.2) is 5.89 Å². The topological polar surface area (TPSA) is 56.0 Å². The Labute approximate surface area is 162 Å². The number of fused-ring (bicyclic) bond motifs is 4. The summed E-state index contributed by atoms with van der Waals surface area (Å²) in [5, 5.41) is 0.990. The van der Waals surface area contributed by atoms with Crippen molar-refractivity contribution in [2.24, 2.45) is 0 Å². The molecular weight excluding hydrogens is 412 g/mol. The molecule has 6 heteroatoms. The van der Waals surface area contributed by atoms with Gasteiger partial charge in [-0.05, 0) is 54.5 Å². The van der Waals surface area contributed by atoms with Crippen molar-refractivity contribution in [2.45, 2.75) is 32.6 Å². The smallest absolute Gasteiger partial charge is 0.357 e. The van der Waals surface area contributed by atoms with Crippen LogP contribution in [0.1, 0.15) is 30.0 Å². The molecule has 0 saturated heterocycles. The molecule has 5 rings (SSSR count). The first-order valence-electron chi connectivity index (χ1n) is 8.63. The first-order valence-corrected chi connectivity index (χ1v) is 10.2. The number of aryl methyl sites for hydroxylation is 2. The van der Waals surface area contributed by atoms with E-state index in [0.717, 1.165) is 50.7 Å². The molecule has 0 radical (unpaired) electrons. The van der Waals surface area contributed by atoms with Gasteiger partial charge < -0.3 is 4.42 Å². The lowest BCUT2D eigenvalue weighted by molar-refractivity contribution is 0.468. The highest BCUT2D eigenvalue weighted by molar-refractivity contribution is 9.10. The van der Waals surface area contributed by atoms with E-state index in [2.05, 4.69) is 45.2 Å². The third kappa shape index (κ3) is 2.43. The molecule has 0 bridgehead atoms. The van der Waals surface area contributed by atoms with Gasteiger partial charge in [0, 0.05) is 22.5 Å². The van der Waals surface area contributed by atoms with Gasteiger partial charge in [-0.1, -0.05) is 28.1 Å². The highest BCUT2D eigenvalue weighted by Crippen LogP contribution is 2.42. The van der Waals surface area contributed by atoms with Crippen molar-refractivity contribution in [3.63, 3.8) is 0 Å². The predicted octanol–water partition coefficient (Wildman–Crippen LogP) is 5.41. The number of thiophene rings is 1. The number of hydrogen-bond donors (Lipinski definition) is 0. The van der Waals surface area contributed by atoms with Crippen LogP contribution in [0.5, 0.6) is 0 Å². The normalized spacial score (nSPS) is 14.1. The third-order valence-electron chi connectivity index (χ3n) is 4.92. The molecular formula is C20H15BrN2O2S. The zero-order chi connectivity index (χ0) is 17.8. The average Bonchev–Trinajstić information content (AvgIpc) is 2.99. The number of rotatable bonds is 1. The van der Waals surface area contributed by atoms with E-state index in [1.807, 2.05) is 0 Å². The molecule has 3 aromatic heterocycles. The van der Waals surface area contributed by atoms with E-state index in [9.17, 15) is 4.79 Å². The maximum Gasteiger partial charge on any atom is 0.357 e. The van der Waals surface area contributed by atoms with Crippen molar-refractivity contribution in [2.75, 3.05) is 0 Å². The third-order valence-corrected chi connectivity index (χ3v) is 6.50. The van der Waals surface area contributed by atoms with Gasteiger partial charge in [0.2, 0.25) is 0 Å². The Morgan fingerprint density at radius 1 is 1.12 bits per heavy atom. The van der Waals surface area contributed by atoms with Crippen LogP contribution in [-0.2, 0) is 12.8 Å². The van der Waals surface area contributed by atoms with Crippen molar-refractivity contribution < 1.29 is 4.42 Å². The maximum atomic E-state index is 12.4. The van der Waals surface area contributed by atoms with Crippen LogP contribution >= 0.6 is 27.3 Å². The molecule has 1 aromatic carbocycles. The molecule has 4 aromatic rings. The van der Waals surface area contributed by atoms with Crippen molar-refractivity contribution in [1.82, 2.24) is 9.97 Å². The Morgan fingerprint density at radius 2 is 1.88 bits per heavy atom. The summed E-state index contributed by atoms with van der Waals surface area (Å²) < 4.78 is 6.82. The minimum absolute atomic E-state index is 0.324. The Balaban J connectivity index is 1.99. The van der Waals surface area contributed by atoms with Gasteiger partial charge in [-0.25, -0.2) is 14.8 Å². The van der Waals surface area contributed by atoms with Gasteiger partial charge in [0.25, 0.3) is 0 Å². The van der Waals surface area contributed by atoms with Gasteiger partial charge in [0.05, 0.1) is 0 Å². The van der Waals surface area contributed by atoms with Gasteiger partial charge in [-0.2, -0.15) is 0 Å². The minimum Gasteiger partial charge on any atom is -0.408 e. The van der Waals surface area contributed by atoms with Crippen LogP contribution in [0.2, 0.25) is 0 Å². The Kier molecular flexibility index (Phi) is 3.72. The molecule has 0 spiro atoms. The van der Waals surface area contributed by atoms with E-state index in [-0.39, 0.29) is 5.63 Å². The summed E-state index contributed by atoms with van der Waals surface area (Å²) in [5.41, 5.74) is 5.19. The largest absolute Gasteiger partial charge is 0.408 e. The molecule has 0 fully saturated rings. The van der Waals surface area contributed by atoms with Crippen LogP contribution in [0, 0.1) is 6.92 Å². The van der Waals surface area contributed by atoms with Gasteiger partial charge in [-0.15, -0.1) is 11.3 Å². The second-order valence-electron chi connectivity index (χ2n) is 6.61. The first-order chi connectivity index (χ1) is 12.6. The first kappa shape index (κ1) is 16.1. The molecule has 0 N–H and O–H groups in total. The second kappa shape index (κ2) is 5.99. The monoisotopic (exact) mass is 426 g/mol. The van der Waals surface area contributed by atoms with Crippen LogP contribution in [0.25, 0.3) is 31.6 Å². The van der Waals surface area contributed by atoms with Crippen LogP contribution in [0.3, 0.4) is 0 Å². The number of aromatic nitrogens is 2. The predicted molar refractivity (Wildman–Crippen MR) is 108 cm³/mol. The average molecular weight is 427 g/mol. The van der Waals surface area contributed by atoms with E-state index in [0.29, 0.717) is 10.6 Å². The summed E-state index contributed by atoms with van der Waals surface area (Å²) in [5.74, 6) is 0.390. The molecule has 0 amide bonds. The van der Waals surface area contributed by atoms with Crippen molar-refractivity contribution in [3.8, 4) is 11.1 Å². The van der Waals surface area contributed by atoms with Crippen LogP contribution in [-0.4, -0.2) is 9.97 Å². The standard InChI is InChI=1S/C20H15BrN2O2S/c1-10-22-17-16-15(11-6-8-12(21)9-7-11)13-4-2-3-5-14(13)23-19(16)26-18(17)20(24)25-10/h6-9H,2-5H2,1H3. The van der Waals surface area contributed by atoms with Crippen molar-refractivity contribution >= 4 is 47.7 Å². The molecule has 1 aliphatic rings. The zero-order valence-corrected chi connectivity index (χ0v) is 16.5. The van der Waals surface area contributed by atoms with E-state index in [4.69, 9.17) is 9.40 Å².